The topological polar surface area (TPSA) is 58.1 Å². The third kappa shape index (κ3) is 4.46. The fourth-order valence-electron chi connectivity index (χ4n) is 4.24. The van der Waals surface area contributed by atoms with Crippen LogP contribution in [0.25, 0.3) is 10.9 Å². The lowest BCUT2D eigenvalue weighted by atomic mass is 9.98. The minimum absolute atomic E-state index is 0.157. The zero-order chi connectivity index (χ0) is 20.2. The van der Waals surface area contributed by atoms with E-state index in [0.29, 0.717) is 18.9 Å². The van der Waals surface area contributed by atoms with Crippen LogP contribution in [0.3, 0.4) is 0 Å². The first-order valence-corrected chi connectivity index (χ1v) is 10.3. The first-order valence-electron chi connectivity index (χ1n) is 10.3. The van der Waals surface area contributed by atoms with Gasteiger partial charge in [0.25, 0.3) is 0 Å². The maximum Gasteiger partial charge on any atom is 0.227 e. The van der Waals surface area contributed by atoms with Crippen LogP contribution in [-0.4, -0.2) is 40.4 Å². The molecule has 1 atom stereocenters. The van der Waals surface area contributed by atoms with Crippen LogP contribution < -0.4 is 5.32 Å². The van der Waals surface area contributed by atoms with Gasteiger partial charge < -0.3 is 10.2 Å². The summed E-state index contributed by atoms with van der Waals surface area (Å²) in [6, 6.07) is 12.1. The van der Waals surface area contributed by atoms with Crippen LogP contribution in [-0.2, 0) is 17.8 Å². The SMILES string of the molecule is Cc1nc2ccccc2c(C)c1CC(=O)N(Cc1cccnc1)CC1CCNC1. The highest BCUT2D eigenvalue weighted by Crippen LogP contribution is 2.24. The minimum atomic E-state index is 0.157. The zero-order valence-electron chi connectivity index (χ0n) is 17.2. The fourth-order valence-corrected chi connectivity index (χ4v) is 4.24. The van der Waals surface area contributed by atoms with Crippen LogP contribution in [0.15, 0.2) is 48.8 Å². The highest BCUT2D eigenvalue weighted by Gasteiger charge is 2.23. The van der Waals surface area contributed by atoms with Gasteiger partial charge in [0.2, 0.25) is 5.91 Å². The molecule has 0 saturated carbocycles. The molecule has 1 N–H and O–H groups in total. The van der Waals surface area contributed by atoms with E-state index in [1.165, 1.54) is 0 Å². The molecule has 5 nitrogen and oxygen atoms in total. The van der Waals surface area contributed by atoms with E-state index in [4.69, 9.17) is 4.98 Å². The van der Waals surface area contributed by atoms with E-state index in [0.717, 1.165) is 59.3 Å². The van der Waals surface area contributed by atoms with Gasteiger partial charge in [0, 0.05) is 36.6 Å². The summed E-state index contributed by atoms with van der Waals surface area (Å²) in [5, 5.41) is 4.53. The third-order valence-electron chi connectivity index (χ3n) is 5.90. The van der Waals surface area contributed by atoms with Crippen LogP contribution in [0, 0.1) is 19.8 Å². The van der Waals surface area contributed by atoms with Crippen molar-refractivity contribution in [2.24, 2.45) is 5.92 Å². The summed E-state index contributed by atoms with van der Waals surface area (Å²) in [4.78, 5) is 24.4. The molecule has 1 aliphatic rings. The summed E-state index contributed by atoms with van der Waals surface area (Å²) in [6.07, 6.45) is 5.12. The molecule has 29 heavy (non-hydrogen) atoms. The predicted molar refractivity (Wildman–Crippen MR) is 116 cm³/mol. The zero-order valence-corrected chi connectivity index (χ0v) is 17.2. The number of fused-ring (bicyclic) bond motifs is 1. The number of nitrogens with zero attached hydrogens (tertiary/aromatic N) is 3. The monoisotopic (exact) mass is 388 g/mol. The van der Waals surface area contributed by atoms with Gasteiger partial charge in [-0.1, -0.05) is 24.3 Å². The normalized spacial score (nSPS) is 16.3. The molecule has 1 unspecified atom stereocenters. The molecule has 0 aliphatic carbocycles. The van der Waals surface area contributed by atoms with Gasteiger partial charge in [-0.3, -0.25) is 14.8 Å². The van der Waals surface area contributed by atoms with Crippen LogP contribution in [0.2, 0.25) is 0 Å². The maximum atomic E-state index is 13.4. The molecular weight excluding hydrogens is 360 g/mol. The number of amides is 1. The highest BCUT2D eigenvalue weighted by atomic mass is 16.2. The highest BCUT2D eigenvalue weighted by molar-refractivity contribution is 5.86. The summed E-state index contributed by atoms with van der Waals surface area (Å²) in [5.41, 5.74) is 5.21. The Kier molecular flexibility index (Phi) is 5.86. The summed E-state index contributed by atoms with van der Waals surface area (Å²) >= 11 is 0. The number of pyridine rings is 2. The van der Waals surface area contributed by atoms with Crippen LogP contribution in [0.4, 0.5) is 0 Å². The quantitative estimate of drug-likeness (QED) is 0.703. The number of hydrogen-bond acceptors (Lipinski definition) is 4. The van der Waals surface area contributed by atoms with Crippen molar-refractivity contribution in [3.63, 3.8) is 0 Å². The minimum Gasteiger partial charge on any atom is -0.338 e. The number of para-hydroxylation sites is 1. The second-order valence-corrected chi connectivity index (χ2v) is 7.99. The van der Waals surface area contributed by atoms with Gasteiger partial charge in [0.1, 0.15) is 0 Å². The van der Waals surface area contributed by atoms with E-state index >= 15 is 0 Å². The molecule has 0 radical (unpaired) electrons. The van der Waals surface area contributed by atoms with Gasteiger partial charge in [-0.05, 0) is 68.1 Å². The Morgan fingerprint density at radius 3 is 2.83 bits per heavy atom. The Bertz CT molecular complexity index is 996. The number of nitrogens with one attached hydrogen (secondary N) is 1. The second-order valence-electron chi connectivity index (χ2n) is 7.99. The van der Waals surface area contributed by atoms with Gasteiger partial charge in [-0.25, -0.2) is 0 Å². The van der Waals surface area contributed by atoms with Crippen molar-refractivity contribution in [2.45, 2.75) is 33.2 Å². The van der Waals surface area contributed by atoms with Crippen molar-refractivity contribution >= 4 is 16.8 Å². The van der Waals surface area contributed by atoms with Crippen LogP contribution in [0.5, 0.6) is 0 Å². The molecule has 150 valence electrons. The number of carbonyl (C=O) groups excluding carboxylic acids is 1. The van der Waals surface area contributed by atoms with Crippen molar-refractivity contribution in [2.75, 3.05) is 19.6 Å². The van der Waals surface area contributed by atoms with Gasteiger partial charge in [0.15, 0.2) is 0 Å². The molecule has 3 heterocycles. The van der Waals surface area contributed by atoms with E-state index < -0.39 is 0 Å². The second kappa shape index (κ2) is 8.70. The molecule has 0 bridgehead atoms. The molecule has 1 aromatic carbocycles. The van der Waals surface area contributed by atoms with Crippen molar-refractivity contribution in [3.8, 4) is 0 Å². The Morgan fingerprint density at radius 2 is 2.07 bits per heavy atom. The lowest BCUT2D eigenvalue weighted by Gasteiger charge is -2.26. The van der Waals surface area contributed by atoms with E-state index in [9.17, 15) is 4.79 Å². The molecule has 4 rings (SSSR count). The number of benzene rings is 1. The number of hydrogen-bond donors (Lipinski definition) is 1. The molecular formula is C24H28N4O. The molecule has 0 spiro atoms. The Morgan fingerprint density at radius 1 is 1.21 bits per heavy atom. The Labute approximate surface area is 172 Å². The molecule has 1 aliphatic heterocycles. The van der Waals surface area contributed by atoms with Crippen molar-refractivity contribution in [3.05, 3.63) is 71.2 Å². The molecule has 3 aromatic rings. The van der Waals surface area contributed by atoms with Gasteiger partial charge >= 0.3 is 0 Å². The summed E-state index contributed by atoms with van der Waals surface area (Å²) in [5.74, 6) is 0.663. The first-order chi connectivity index (χ1) is 14.1. The standard InChI is InChI=1S/C24H28N4O/c1-17-21-7-3-4-8-23(21)27-18(2)22(17)12-24(29)28(16-20-9-11-26-14-20)15-19-6-5-10-25-13-19/h3-8,10,13,20,26H,9,11-12,14-16H2,1-2H3. The first kappa shape index (κ1) is 19.5. The van der Waals surface area contributed by atoms with E-state index in [1.54, 1.807) is 6.20 Å². The van der Waals surface area contributed by atoms with Crippen molar-refractivity contribution in [1.82, 2.24) is 20.2 Å². The molecule has 1 saturated heterocycles. The smallest absolute Gasteiger partial charge is 0.227 e. The van der Waals surface area contributed by atoms with Gasteiger partial charge in [0.05, 0.1) is 11.9 Å². The lowest BCUT2D eigenvalue weighted by molar-refractivity contribution is -0.131. The third-order valence-corrected chi connectivity index (χ3v) is 5.90. The average molecular weight is 389 g/mol. The number of rotatable bonds is 6. The van der Waals surface area contributed by atoms with Crippen molar-refractivity contribution in [1.29, 1.82) is 0 Å². The summed E-state index contributed by atoms with van der Waals surface area (Å²) < 4.78 is 0. The van der Waals surface area contributed by atoms with Crippen molar-refractivity contribution < 1.29 is 4.79 Å². The molecule has 1 fully saturated rings. The van der Waals surface area contributed by atoms with Crippen LogP contribution >= 0.6 is 0 Å². The van der Waals surface area contributed by atoms with E-state index in [2.05, 4.69) is 23.3 Å². The predicted octanol–water partition coefficient (Wildman–Crippen LogP) is 3.43. The Hall–Kier alpha value is -2.79. The fraction of sp³-hybridized carbons (Fsp3) is 0.375. The van der Waals surface area contributed by atoms with Gasteiger partial charge in [-0.2, -0.15) is 0 Å². The Balaban J connectivity index is 1.59. The maximum absolute atomic E-state index is 13.4. The summed E-state index contributed by atoms with van der Waals surface area (Å²) in [7, 11) is 0. The van der Waals surface area contributed by atoms with E-state index in [-0.39, 0.29) is 5.91 Å². The molecule has 5 heteroatoms. The van der Waals surface area contributed by atoms with Crippen LogP contribution in [0.1, 0.15) is 28.8 Å². The summed E-state index contributed by atoms with van der Waals surface area (Å²) in [6.45, 7) is 7.50. The average Bonchev–Trinajstić information content (AvgIpc) is 3.24. The lowest BCUT2D eigenvalue weighted by Crippen LogP contribution is -2.37. The largest absolute Gasteiger partial charge is 0.338 e. The number of carbonyl (C=O) groups is 1. The molecule has 1 amide bonds. The van der Waals surface area contributed by atoms with E-state index in [1.807, 2.05) is 48.4 Å². The van der Waals surface area contributed by atoms with Gasteiger partial charge in [-0.15, -0.1) is 0 Å². The number of aryl methyl sites for hydroxylation is 2. The molecule has 2 aromatic heterocycles. The number of aromatic nitrogens is 2.